The quantitative estimate of drug-likeness (QED) is 0.907. The third kappa shape index (κ3) is 3.90. The summed E-state index contributed by atoms with van der Waals surface area (Å²) >= 11 is 0. The van der Waals surface area contributed by atoms with Crippen molar-refractivity contribution in [3.05, 3.63) is 17.8 Å². The molecule has 4 nitrogen and oxygen atoms in total. The SMILES string of the molecule is CCCOc1ccc(NC(=O)C(F)(F)F)c(C)n1. The molecule has 1 rings (SSSR count). The van der Waals surface area contributed by atoms with Crippen LogP contribution in [0.5, 0.6) is 5.88 Å². The topological polar surface area (TPSA) is 51.2 Å². The standard InChI is InChI=1S/C11H13F3N2O2/c1-3-6-18-9-5-4-8(7(2)15-9)16-10(17)11(12,13)14/h4-5H,3,6H2,1-2H3,(H,16,17). The largest absolute Gasteiger partial charge is 0.478 e. The predicted molar refractivity (Wildman–Crippen MR) is 59.4 cm³/mol. The molecular weight excluding hydrogens is 249 g/mol. The molecule has 0 aromatic carbocycles. The lowest BCUT2D eigenvalue weighted by molar-refractivity contribution is -0.167. The van der Waals surface area contributed by atoms with Crippen molar-refractivity contribution in [2.24, 2.45) is 0 Å². The second-order valence-electron chi connectivity index (χ2n) is 3.58. The zero-order chi connectivity index (χ0) is 13.8. The highest BCUT2D eigenvalue weighted by atomic mass is 19.4. The molecule has 7 heteroatoms. The number of nitrogens with one attached hydrogen (secondary N) is 1. The zero-order valence-corrected chi connectivity index (χ0v) is 9.97. The lowest BCUT2D eigenvalue weighted by Gasteiger charge is -2.11. The van der Waals surface area contributed by atoms with E-state index in [2.05, 4.69) is 4.98 Å². The minimum absolute atomic E-state index is 0.0150. The zero-order valence-electron chi connectivity index (χ0n) is 9.97. The van der Waals surface area contributed by atoms with Crippen molar-refractivity contribution in [2.75, 3.05) is 11.9 Å². The van der Waals surface area contributed by atoms with E-state index >= 15 is 0 Å². The van der Waals surface area contributed by atoms with Gasteiger partial charge in [0.15, 0.2) is 0 Å². The van der Waals surface area contributed by atoms with E-state index in [0.29, 0.717) is 12.5 Å². The molecule has 0 aliphatic carbocycles. The lowest BCUT2D eigenvalue weighted by atomic mass is 10.3. The van der Waals surface area contributed by atoms with E-state index in [1.165, 1.54) is 19.1 Å². The summed E-state index contributed by atoms with van der Waals surface area (Å²) in [5, 5.41) is 1.75. The molecule has 0 radical (unpaired) electrons. The molecule has 0 atom stereocenters. The van der Waals surface area contributed by atoms with Gasteiger partial charge in [0.25, 0.3) is 0 Å². The minimum Gasteiger partial charge on any atom is -0.478 e. The van der Waals surface area contributed by atoms with Crippen LogP contribution in [0.2, 0.25) is 0 Å². The Morgan fingerprint density at radius 3 is 2.61 bits per heavy atom. The average molecular weight is 262 g/mol. The summed E-state index contributed by atoms with van der Waals surface area (Å²) in [6.45, 7) is 3.89. The molecule has 0 bridgehead atoms. The number of ether oxygens (including phenoxy) is 1. The van der Waals surface area contributed by atoms with Crippen molar-refractivity contribution in [3.8, 4) is 5.88 Å². The molecule has 1 aromatic rings. The van der Waals surface area contributed by atoms with Crippen molar-refractivity contribution in [3.63, 3.8) is 0 Å². The fourth-order valence-electron chi connectivity index (χ4n) is 1.15. The van der Waals surface area contributed by atoms with Gasteiger partial charge in [0, 0.05) is 6.07 Å². The number of hydrogen-bond acceptors (Lipinski definition) is 3. The van der Waals surface area contributed by atoms with Crippen LogP contribution in [-0.4, -0.2) is 23.7 Å². The highest BCUT2D eigenvalue weighted by Gasteiger charge is 2.38. The maximum atomic E-state index is 12.1. The van der Waals surface area contributed by atoms with E-state index in [9.17, 15) is 18.0 Å². The fourth-order valence-corrected chi connectivity index (χ4v) is 1.15. The number of amides is 1. The number of hydrogen-bond donors (Lipinski definition) is 1. The van der Waals surface area contributed by atoms with Gasteiger partial charge in [-0.15, -0.1) is 0 Å². The van der Waals surface area contributed by atoms with Gasteiger partial charge in [0.2, 0.25) is 5.88 Å². The van der Waals surface area contributed by atoms with Crippen molar-refractivity contribution >= 4 is 11.6 Å². The summed E-state index contributed by atoms with van der Waals surface area (Å²) in [6.07, 6.45) is -4.11. The molecule has 0 fully saturated rings. The molecule has 0 saturated heterocycles. The van der Waals surface area contributed by atoms with Gasteiger partial charge in [0.05, 0.1) is 18.0 Å². The van der Waals surface area contributed by atoms with Crippen LogP contribution in [-0.2, 0) is 4.79 Å². The molecule has 100 valence electrons. The minimum atomic E-state index is -4.91. The Morgan fingerprint density at radius 1 is 1.44 bits per heavy atom. The van der Waals surface area contributed by atoms with Crippen molar-refractivity contribution in [1.82, 2.24) is 4.98 Å². The van der Waals surface area contributed by atoms with E-state index in [4.69, 9.17) is 4.74 Å². The Balaban J connectivity index is 2.77. The molecule has 0 spiro atoms. The number of pyridine rings is 1. The molecule has 1 heterocycles. The number of carbonyl (C=O) groups excluding carboxylic acids is 1. The number of rotatable bonds is 4. The Bertz CT molecular complexity index is 433. The first-order valence-electron chi connectivity index (χ1n) is 5.33. The van der Waals surface area contributed by atoms with Crippen LogP contribution in [0.4, 0.5) is 18.9 Å². The summed E-state index contributed by atoms with van der Waals surface area (Å²) in [5.74, 6) is -1.70. The first-order chi connectivity index (χ1) is 8.34. The molecule has 1 amide bonds. The Kier molecular flexibility index (Phi) is 4.52. The van der Waals surface area contributed by atoms with Crippen LogP contribution < -0.4 is 10.1 Å². The summed E-state index contributed by atoms with van der Waals surface area (Å²) in [7, 11) is 0. The van der Waals surface area contributed by atoms with Crippen molar-refractivity contribution in [1.29, 1.82) is 0 Å². The van der Waals surface area contributed by atoms with Crippen LogP contribution in [0.3, 0.4) is 0 Å². The molecule has 0 saturated carbocycles. The summed E-state index contributed by atoms with van der Waals surface area (Å²) in [5.41, 5.74) is 0.280. The fraction of sp³-hybridized carbons (Fsp3) is 0.455. The first kappa shape index (κ1) is 14.3. The second kappa shape index (κ2) is 5.70. The molecule has 1 aromatic heterocycles. The Hall–Kier alpha value is -1.79. The van der Waals surface area contributed by atoms with Crippen LogP contribution in [0.15, 0.2) is 12.1 Å². The normalized spacial score (nSPS) is 11.2. The third-order valence-corrected chi connectivity index (χ3v) is 2.02. The van der Waals surface area contributed by atoms with Crippen LogP contribution in [0.1, 0.15) is 19.0 Å². The van der Waals surface area contributed by atoms with E-state index in [1.807, 2.05) is 6.92 Å². The van der Waals surface area contributed by atoms with Gasteiger partial charge in [-0.1, -0.05) is 6.92 Å². The smallest absolute Gasteiger partial charge is 0.471 e. The number of anilines is 1. The van der Waals surface area contributed by atoms with E-state index < -0.39 is 12.1 Å². The van der Waals surface area contributed by atoms with Gasteiger partial charge in [-0.25, -0.2) is 4.98 Å². The summed E-state index contributed by atoms with van der Waals surface area (Å²) < 4.78 is 41.4. The first-order valence-corrected chi connectivity index (χ1v) is 5.33. The third-order valence-electron chi connectivity index (χ3n) is 2.02. The van der Waals surface area contributed by atoms with Gasteiger partial charge in [0.1, 0.15) is 0 Å². The Labute approximate surface area is 102 Å². The highest BCUT2D eigenvalue weighted by Crippen LogP contribution is 2.21. The van der Waals surface area contributed by atoms with Gasteiger partial charge in [-0.3, -0.25) is 4.79 Å². The van der Waals surface area contributed by atoms with E-state index in [1.54, 1.807) is 5.32 Å². The maximum absolute atomic E-state index is 12.1. The predicted octanol–water partition coefficient (Wildman–Crippen LogP) is 2.68. The number of alkyl halides is 3. The number of nitrogens with zero attached hydrogens (tertiary/aromatic N) is 1. The molecule has 0 aliphatic heterocycles. The number of aryl methyl sites for hydroxylation is 1. The number of aromatic nitrogens is 1. The maximum Gasteiger partial charge on any atom is 0.471 e. The van der Waals surface area contributed by atoms with E-state index in [-0.39, 0.29) is 11.4 Å². The average Bonchev–Trinajstić information content (AvgIpc) is 2.28. The van der Waals surface area contributed by atoms with Gasteiger partial charge >= 0.3 is 12.1 Å². The van der Waals surface area contributed by atoms with Crippen molar-refractivity contribution < 1.29 is 22.7 Å². The van der Waals surface area contributed by atoms with Crippen LogP contribution in [0, 0.1) is 6.92 Å². The molecule has 18 heavy (non-hydrogen) atoms. The van der Waals surface area contributed by atoms with Gasteiger partial charge < -0.3 is 10.1 Å². The molecule has 0 unspecified atom stereocenters. The summed E-state index contributed by atoms with van der Waals surface area (Å²) in [6, 6.07) is 2.74. The van der Waals surface area contributed by atoms with Crippen LogP contribution in [0.25, 0.3) is 0 Å². The number of halogens is 3. The molecule has 1 N–H and O–H groups in total. The molecule has 0 aliphatic rings. The van der Waals surface area contributed by atoms with Crippen LogP contribution >= 0.6 is 0 Å². The van der Waals surface area contributed by atoms with Gasteiger partial charge in [-0.2, -0.15) is 13.2 Å². The monoisotopic (exact) mass is 262 g/mol. The summed E-state index contributed by atoms with van der Waals surface area (Å²) in [4.78, 5) is 14.7. The van der Waals surface area contributed by atoms with Crippen molar-refractivity contribution in [2.45, 2.75) is 26.4 Å². The lowest BCUT2D eigenvalue weighted by Crippen LogP contribution is -2.30. The second-order valence-corrected chi connectivity index (χ2v) is 3.58. The number of carbonyl (C=O) groups is 1. The Morgan fingerprint density at radius 2 is 2.11 bits per heavy atom. The molecular formula is C11H13F3N2O2. The highest BCUT2D eigenvalue weighted by molar-refractivity contribution is 5.95. The van der Waals surface area contributed by atoms with E-state index in [0.717, 1.165) is 6.42 Å². The van der Waals surface area contributed by atoms with Gasteiger partial charge in [-0.05, 0) is 19.4 Å².